The van der Waals surface area contributed by atoms with Crippen molar-refractivity contribution >= 4 is 0 Å². The number of likely N-dealkylation sites (tertiary alicyclic amines) is 1. The standard InChI is InChI=1S/C17H21N3O3/c1-2-16-18-17(23-19-16)11-20-7-3-4-13(20)12-5-6-14-15(10-12)22-9-8-21-14/h5-6,10,13H,2-4,7-9,11H2,1H3/t13-/m0/s1. The monoisotopic (exact) mass is 315 g/mol. The predicted octanol–water partition coefficient (Wildman–Crippen LogP) is 2.74. The van der Waals surface area contributed by atoms with E-state index in [1.165, 1.54) is 12.0 Å². The minimum atomic E-state index is 0.364. The first-order chi connectivity index (χ1) is 11.3. The zero-order chi connectivity index (χ0) is 15.6. The second kappa shape index (κ2) is 6.20. The van der Waals surface area contributed by atoms with Crippen LogP contribution in [0.25, 0.3) is 0 Å². The van der Waals surface area contributed by atoms with Crippen LogP contribution >= 0.6 is 0 Å². The fraction of sp³-hybridized carbons (Fsp3) is 0.529. The molecule has 0 aliphatic carbocycles. The second-order valence-electron chi connectivity index (χ2n) is 5.99. The molecule has 0 unspecified atom stereocenters. The molecule has 0 saturated carbocycles. The highest BCUT2D eigenvalue weighted by molar-refractivity contribution is 5.44. The lowest BCUT2D eigenvalue weighted by Gasteiger charge is -2.25. The molecule has 6 nitrogen and oxygen atoms in total. The summed E-state index contributed by atoms with van der Waals surface area (Å²) in [4.78, 5) is 6.83. The van der Waals surface area contributed by atoms with Crippen LogP contribution in [-0.4, -0.2) is 34.8 Å². The van der Waals surface area contributed by atoms with Crippen molar-refractivity contribution in [2.45, 2.75) is 38.8 Å². The van der Waals surface area contributed by atoms with Crippen LogP contribution in [0.2, 0.25) is 0 Å². The molecule has 6 heteroatoms. The number of nitrogens with zero attached hydrogens (tertiary/aromatic N) is 3. The van der Waals surface area contributed by atoms with Crippen LogP contribution in [0.15, 0.2) is 22.7 Å². The molecule has 1 saturated heterocycles. The van der Waals surface area contributed by atoms with Gasteiger partial charge in [-0.3, -0.25) is 4.90 Å². The van der Waals surface area contributed by atoms with E-state index >= 15 is 0 Å². The molecule has 1 fully saturated rings. The van der Waals surface area contributed by atoms with Gasteiger partial charge in [-0.15, -0.1) is 0 Å². The minimum Gasteiger partial charge on any atom is -0.486 e. The van der Waals surface area contributed by atoms with Crippen LogP contribution in [0.5, 0.6) is 11.5 Å². The molecule has 0 amide bonds. The smallest absolute Gasteiger partial charge is 0.240 e. The summed E-state index contributed by atoms with van der Waals surface area (Å²) in [5.41, 5.74) is 1.27. The molecule has 122 valence electrons. The van der Waals surface area contributed by atoms with Crippen molar-refractivity contribution in [3.63, 3.8) is 0 Å². The summed E-state index contributed by atoms with van der Waals surface area (Å²) in [7, 11) is 0. The Morgan fingerprint density at radius 1 is 1.22 bits per heavy atom. The van der Waals surface area contributed by atoms with E-state index in [0.29, 0.717) is 31.7 Å². The average molecular weight is 315 g/mol. The Labute approximate surface area is 135 Å². The van der Waals surface area contributed by atoms with Crippen molar-refractivity contribution in [2.75, 3.05) is 19.8 Å². The van der Waals surface area contributed by atoms with Gasteiger partial charge in [0.15, 0.2) is 17.3 Å². The summed E-state index contributed by atoms with van der Waals surface area (Å²) in [6.45, 7) is 5.02. The molecule has 0 spiro atoms. The van der Waals surface area contributed by atoms with Crippen molar-refractivity contribution in [3.8, 4) is 11.5 Å². The van der Waals surface area contributed by atoms with Crippen molar-refractivity contribution in [2.24, 2.45) is 0 Å². The molecular weight excluding hydrogens is 294 g/mol. The molecule has 1 atom stereocenters. The average Bonchev–Trinajstić information content (AvgIpc) is 3.24. The van der Waals surface area contributed by atoms with Gasteiger partial charge in [0.05, 0.1) is 6.54 Å². The maximum Gasteiger partial charge on any atom is 0.240 e. The van der Waals surface area contributed by atoms with E-state index in [1.54, 1.807) is 0 Å². The van der Waals surface area contributed by atoms with Gasteiger partial charge in [-0.05, 0) is 37.1 Å². The summed E-state index contributed by atoms with van der Waals surface area (Å²) in [6, 6.07) is 6.63. The quantitative estimate of drug-likeness (QED) is 0.864. The Bertz CT molecular complexity index is 685. The molecule has 0 radical (unpaired) electrons. The van der Waals surface area contributed by atoms with E-state index in [0.717, 1.165) is 36.7 Å². The molecule has 2 aliphatic heterocycles. The van der Waals surface area contributed by atoms with Crippen molar-refractivity contribution in [1.29, 1.82) is 0 Å². The lowest BCUT2D eigenvalue weighted by molar-refractivity contribution is 0.170. The molecule has 2 aliphatic rings. The lowest BCUT2D eigenvalue weighted by Crippen LogP contribution is -2.23. The minimum absolute atomic E-state index is 0.364. The summed E-state index contributed by atoms with van der Waals surface area (Å²) >= 11 is 0. The number of rotatable bonds is 4. The zero-order valence-corrected chi connectivity index (χ0v) is 13.3. The fourth-order valence-corrected chi connectivity index (χ4v) is 3.33. The van der Waals surface area contributed by atoms with Gasteiger partial charge >= 0.3 is 0 Å². The number of benzene rings is 1. The van der Waals surface area contributed by atoms with Gasteiger partial charge in [0, 0.05) is 12.5 Å². The summed E-state index contributed by atoms with van der Waals surface area (Å²) < 4.78 is 16.7. The van der Waals surface area contributed by atoms with Crippen LogP contribution < -0.4 is 9.47 Å². The third kappa shape index (κ3) is 2.91. The Balaban J connectivity index is 1.53. The molecule has 3 heterocycles. The third-order valence-corrected chi connectivity index (χ3v) is 4.48. The maximum atomic E-state index is 5.71. The van der Waals surface area contributed by atoms with E-state index in [9.17, 15) is 0 Å². The molecule has 1 aromatic heterocycles. The summed E-state index contributed by atoms with van der Waals surface area (Å²) in [6.07, 6.45) is 3.11. The Morgan fingerprint density at radius 3 is 2.91 bits per heavy atom. The first-order valence-corrected chi connectivity index (χ1v) is 8.28. The highest BCUT2D eigenvalue weighted by Gasteiger charge is 2.28. The van der Waals surface area contributed by atoms with Crippen LogP contribution in [0.1, 0.15) is 43.1 Å². The third-order valence-electron chi connectivity index (χ3n) is 4.48. The van der Waals surface area contributed by atoms with Crippen molar-refractivity contribution < 1.29 is 14.0 Å². The lowest BCUT2D eigenvalue weighted by atomic mass is 10.0. The number of fused-ring (bicyclic) bond motifs is 1. The number of hydrogen-bond acceptors (Lipinski definition) is 6. The highest BCUT2D eigenvalue weighted by atomic mass is 16.6. The predicted molar refractivity (Wildman–Crippen MR) is 83.5 cm³/mol. The van der Waals surface area contributed by atoms with E-state index in [2.05, 4.69) is 27.2 Å². The fourth-order valence-electron chi connectivity index (χ4n) is 3.33. The SMILES string of the molecule is CCc1noc(CN2CCC[C@H]2c2ccc3c(c2)OCCO3)n1. The molecule has 1 aromatic carbocycles. The Kier molecular flexibility index (Phi) is 3.91. The van der Waals surface area contributed by atoms with Crippen molar-refractivity contribution in [1.82, 2.24) is 15.0 Å². The zero-order valence-electron chi connectivity index (χ0n) is 13.3. The van der Waals surface area contributed by atoms with Crippen LogP contribution in [0, 0.1) is 0 Å². The van der Waals surface area contributed by atoms with Gasteiger partial charge in [-0.25, -0.2) is 0 Å². The summed E-state index contributed by atoms with van der Waals surface area (Å²) in [5.74, 6) is 3.17. The van der Waals surface area contributed by atoms with E-state index in [1.807, 2.05) is 13.0 Å². The van der Waals surface area contributed by atoms with E-state index in [-0.39, 0.29) is 0 Å². The van der Waals surface area contributed by atoms with Crippen LogP contribution in [-0.2, 0) is 13.0 Å². The van der Waals surface area contributed by atoms with Gasteiger partial charge < -0.3 is 14.0 Å². The van der Waals surface area contributed by atoms with Gasteiger partial charge in [-0.2, -0.15) is 4.98 Å². The Hall–Kier alpha value is -2.08. The Morgan fingerprint density at radius 2 is 2.09 bits per heavy atom. The molecule has 23 heavy (non-hydrogen) atoms. The topological polar surface area (TPSA) is 60.6 Å². The first kappa shape index (κ1) is 14.5. The second-order valence-corrected chi connectivity index (χ2v) is 5.99. The highest BCUT2D eigenvalue weighted by Crippen LogP contribution is 2.38. The van der Waals surface area contributed by atoms with Crippen molar-refractivity contribution in [3.05, 3.63) is 35.5 Å². The molecule has 0 N–H and O–H groups in total. The van der Waals surface area contributed by atoms with Gasteiger partial charge in [0.25, 0.3) is 0 Å². The van der Waals surface area contributed by atoms with E-state index in [4.69, 9.17) is 14.0 Å². The number of aryl methyl sites for hydroxylation is 1. The van der Waals surface area contributed by atoms with Crippen LogP contribution in [0.4, 0.5) is 0 Å². The van der Waals surface area contributed by atoms with E-state index < -0.39 is 0 Å². The normalized spacial score (nSPS) is 20.8. The summed E-state index contributed by atoms with van der Waals surface area (Å²) in [5, 5.41) is 3.98. The number of ether oxygens (including phenoxy) is 2. The van der Waals surface area contributed by atoms with Gasteiger partial charge in [-0.1, -0.05) is 18.1 Å². The number of aromatic nitrogens is 2. The largest absolute Gasteiger partial charge is 0.486 e. The first-order valence-electron chi connectivity index (χ1n) is 8.28. The molecule has 2 aromatic rings. The molecule has 4 rings (SSSR count). The number of hydrogen-bond donors (Lipinski definition) is 0. The van der Waals surface area contributed by atoms with Crippen LogP contribution in [0.3, 0.4) is 0 Å². The van der Waals surface area contributed by atoms with Gasteiger partial charge in [0.2, 0.25) is 5.89 Å². The maximum absolute atomic E-state index is 5.71. The van der Waals surface area contributed by atoms with Gasteiger partial charge in [0.1, 0.15) is 13.2 Å². The molecular formula is C17H21N3O3. The molecule has 0 bridgehead atoms.